The Balaban J connectivity index is 1.37. The third-order valence-corrected chi connectivity index (χ3v) is 11.6. The van der Waals surface area contributed by atoms with Crippen molar-refractivity contribution in [3.8, 4) is 5.75 Å². The maximum Gasteiger partial charge on any atom is 0.307 e. The van der Waals surface area contributed by atoms with Crippen molar-refractivity contribution in [3.63, 3.8) is 0 Å². The van der Waals surface area contributed by atoms with Crippen molar-refractivity contribution in [2.45, 2.75) is 95.6 Å². The largest absolute Gasteiger partial charge is 0.488 e. The second-order valence-electron chi connectivity index (χ2n) is 13.4. The highest BCUT2D eigenvalue weighted by atomic mass is 16.5. The molecule has 2 saturated carbocycles. The van der Waals surface area contributed by atoms with E-state index in [1.807, 2.05) is 0 Å². The first kappa shape index (κ1) is 23.0. The second-order valence-corrected chi connectivity index (χ2v) is 13.4. The minimum atomic E-state index is -0.567. The van der Waals surface area contributed by atoms with E-state index in [0.29, 0.717) is 17.9 Å². The molecular formula is C32H43N2O3+. The van der Waals surface area contributed by atoms with E-state index in [0.717, 1.165) is 38.0 Å². The van der Waals surface area contributed by atoms with Crippen LogP contribution in [0.25, 0.3) is 5.57 Å². The molecule has 5 nitrogen and oxygen atoms in total. The quantitative estimate of drug-likeness (QED) is 0.629. The van der Waals surface area contributed by atoms with Crippen LogP contribution in [0.2, 0.25) is 0 Å². The van der Waals surface area contributed by atoms with Gasteiger partial charge in [-0.2, -0.15) is 0 Å². The number of rotatable bonds is 2. The molecule has 7 aliphatic rings. The van der Waals surface area contributed by atoms with Gasteiger partial charge in [0.15, 0.2) is 0 Å². The van der Waals surface area contributed by atoms with Gasteiger partial charge in [0.05, 0.1) is 11.5 Å². The van der Waals surface area contributed by atoms with Gasteiger partial charge >= 0.3 is 5.97 Å². The Morgan fingerprint density at radius 3 is 2.62 bits per heavy atom. The molecule has 5 heterocycles. The van der Waals surface area contributed by atoms with Gasteiger partial charge in [-0.15, -0.1) is 0 Å². The summed E-state index contributed by atoms with van der Waals surface area (Å²) in [5, 5.41) is 13.2. The molecule has 7 atom stereocenters. The lowest BCUT2D eigenvalue weighted by molar-refractivity contribution is -0.144. The van der Waals surface area contributed by atoms with Crippen LogP contribution in [0.1, 0.15) is 81.8 Å². The molecular weight excluding hydrogens is 460 g/mol. The first-order chi connectivity index (χ1) is 18.2. The van der Waals surface area contributed by atoms with Crippen LogP contribution in [0, 0.1) is 29.6 Å². The van der Waals surface area contributed by atoms with E-state index >= 15 is 0 Å². The lowest BCUT2D eigenvalue weighted by Gasteiger charge is -2.58. The molecule has 5 heteroatoms. The van der Waals surface area contributed by atoms with Gasteiger partial charge < -0.3 is 9.84 Å². The van der Waals surface area contributed by atoms with E-state index < -0.39 is 5.97 Å². The molecule has 0 spiro atoms. The van der Waals surface area contributed by atoms with Gasteiger partial charge in [0.25, 0.3) is 0 Å². The number of carboxylic acids is 1. The fraction of sp³-hybridized carbons (Fsp3) is 0.750. The molecule has 1 aromatic rings. The summed E-state index contributed by atoms with van der Waals surface area (Å²) in [5.41, 5.74) is 4.51. The lowest BCUT2D eigenvalue weighted by atomic mass is 9.58. The number of piperidine rings is 2. The Bertz CT molecular complexity index is 1250. The van der Waals surface area contributed by atoms with Crippen molar-refractivity contribution < 1.29 is 14.6 Å². The van der Waals surface area contributed by atoms with Gasteiger partial charge in [0.1, 0.15) is 24.9 Å². The Hall–Kier alpha value is -1.88. The first-order valence-corrected chi connectivity index (χ1v) is 15.6. The van der Waals surface area contributed by atoms with Gasteiger partial charge in [0.2, 0.25) is 5.36 Å². The van der Waals surface area contributed by atoms with Gasteiger partial charge in [-0.3, -0.25) is 9.69 Å². The average Bonchev–Trinajstić information content (AvgIpc) is 2.93. The minimum absolute atomic E-state index is 0.176. The molecule has 37 heavy (non-hydrogen) atoms. The summed E-state index contributed by atoms with van der Waals surface area (Å²) in [6.45, 7) is 4.87. The number of fused-ring (bicyclic) bond motifs is 4. The number of ether oxygens (including phenoxy) is 1. The number of benzene rings is 1. The van der Waals surface area contributed by atoms with Gasteiger partial charge in [-0.1, -0.05) is 12.8 Å². The van der Waals surface area contributed by atoms with E-state index in [1.54, 1.807) is 0 Å². The zero-order valence-electron chi connectivity index (χ0n) is 22.3. The zero-order valence-corrected chi connectivity index (χ0v) is 22.3. The van der Waals surface area contributed by atoms with Crippen LogP contribution in [-0.4, -0.2) is 54.3 Å². The number of carboxylic acid groups (broad SMARTS) is 1. The van der Waals surface area contributed by atoms with Crippen molar-refractivity contribution in [1.29, 1.82) is 0 Å². The average molecular weight is 504 g/mol. The predicted molar refractivity (Wildman–Crippen MR) is 143 cm³/mol. The van der Waals surface area contributed by atoms with Crippen LogP contribution >= 0.6 is 0 Å². The summed E-state index contributed by atoms with van der Waals surface area (Å²) >= 11 is 0. The summed E-state index contributed by atoms with van der Waals surface area (Å²) < 4.78 is 9.97. The Labute approximate surface area is 220 Å². The third-order valence-electron chi connectivity index (χ3n) is 11.6. The van der Waals surface area contributed by atoms with Crippen molar-refractivity contribution >= 4 is 11.5 Å². The number of hydrogen-bond acceptors (Lipinski definition) is 3. The van der Waals surface area contributed by atoms with E-state index in [2.05, 4.69) is 15.5 Å². The van der Waals surface area contributed by atoms with E-state index in [4.69, 9.17) is 4.74 Å². The summed E-state index contributed by atoms with van der Waals surface area (Å²) in [5.74, 6) is 2.30. The number of aryl methyl sites for hydroxylation is 1. The van der Waals surface area contributed by atoms with E-state index in [-0.39, 0.29) is 17.9 Å². The van der Waals surface area contributed by atoms with Gasteiger partial charge in [-0.25, -0.2) is 4.58 Å². The number of hydrogen-bond donors (Lipinski definition) is 1. The van der Waals surface area contributed by atoms with Crippen LogP contribution in [0.5, 0.6) is 5.75 Å². The standard InChI is InChI=1S/C32H42N2O3/c35-32(36)22-10-2-1-9-21(22)27-25-17-19-7-3-13-33-15-5-11-23(28(19)33)30(25)37-31-24-12-6-16-34-14-4-8-20(29(24)34)18-26(27)31/h17,20-22,24,26,29,31H,1-16,18H2/p+1. The normalized spacial score (nSPS) is 38.5. The highest BCUT2D eigenvalue weighted by Gasteiger charge is 2.54. The highest BCUT2D eigenvalue weighted by molar-refractivity contribution is 5.74. The van der Waals surface area contributed by atoms with E-state index in [1.165, 1.54) is 111 Å². The zero-order chi connectivity index (χ0) is 24.7. The van der Waals surface area contributed by atoms with Gasteiger partial charge in [-0.05, 0) is 94.4 Å². The summed E-state index contributed by atoms with van der Waals surface area (Å²) in [6, 6.07) is 3.18. The molecule has 5 aliphatic heterocycles. The van der Waals surface area contributed by atoms with Crippen LogP contribution < -0.4 is 19.9 Å². The SMILES string of the molecule is O=C(O)C1CCCCC1C1=c2cc3c4c(c2OC2C1CC1CCCN5CCCC2C15)CCC[N+]=4CCC3. The molecule has 4 fully saturated rings. The number of carbonyl (C=O) groups is 1. The molecule has 0 bridgehead atoms. The minimum Gasteiger partial charge on any atom is -0.488 e. The molecule has 0 aromatic heterocycles. The second kappa shape index (κ2) is 8.83. The number of aliphatic carboxylic acids is 1. The van der Waals surface area contributed by atoms with E-state index in [9.17, 15) is 9.90 Å². The summed E-state index contributed by atoms with van der Waals surface area (Å²) in [7, 11) is 0. The fourth-order valence-electron chi connectivity index (χ4n) is 10.4. The predicted octanol–water partition coefficient (Wildman–Crippen LogP) is 3.38. The van der Waals surface area contributed by atoms with Crippen molar-refractivity contribution in [2.24, 2.45) is 29.6 Å². The van der Waals surface area contributed by atoms with Crippen molar-refractivity contribution in [3.05, 3.63) is 27.8 Å². The molecule has 1 N–H and O–H groups in total. The number of nitrogens with zero attached hydrogens (tertiary/aromatic N) is 2. The molecule has 8 rings (SSSR count). The Morgan fingerprint density at radius 1 is 0.946 bits per heavy atom. The van der Waals surface area contributed by atoms with Crippen molar-refractivity contribution in [1.82, 2.24) is 9.48 Å². The maximum absolute atomic E-state index is 12.6. The molecule has 7 unspecified atom stereocenters. The maximum atomic E-state index is 12.6. The monoisotopic (exact) mass is 503 g/mol. The highest BCUT2D eigenvalue weighted by Crippen LogP contribution is 2.53. The molecule has 2 saturated heterocycles. The van der Waals surface area contributed by atoms with Crippen LogP contribution in [0.15, 0.2) is 6.07 Å². The molecule has 0 radical (unpaired) electrons. The fourth-order valence-corrected chi connectivity index (χ4v) is 10.4. The van der Waals surface area contributed by atoms with Crippen LogP contribution in [0.3, 0.4) is 0 Å². The van der Waals surface area contributed by atoms with Crippen LogP contribution in [-0.2, 0) is 17.6 Å². The smallest absolute Gasteiger partial charge is 0.307 e. The lowest BCUT2D eigenvalue weighted by Crippen LogP contribution is -2.63. The molecule has 1 aromatic carbocycles. The summed E-state index contributed by atoms with van der Waals surface area (Å²) in [6.07, 6.45) is 15.5. The first-order valence-electron chi connectivity index (χ1n) is 15.6. The Kier molecular flexibility index (Phi) is 5.50. The summed E-state index contributed by atoms with van der Waals surface area (Å²) in [4.78, 5) is 15.4. The van der Waals surface area contributed by atoms with Gasteiger partial charge in [0, 0.05) is 41.5 Å². The van der Waals surface area contributed by atoms with Crippen molar-refractivity contribution in [2.75, 3.05) is 26.2 Å². The topological polar surface area (TPSA) is 52.8 Å². The molecule has 198 valence electrons. The third kappa shape index (κ3) is 3.44. The molecule has 0 amide bonds. The Morgan fingerprint density at radius 2 is 1.76 bits per heavy atom. The molecule has 2 aliphatic carbocycles. The van der Waals surface area contributed by atoms with Crippen LogP contribution in [0.4, 0.5) is 0 Å².